The number of nitrogens with zero attached hydrogens (tertiary/aromatic N) is 3. The minimum atomic E-state index is -0.420. The van der Waals surface area contributed by atoms with Gasteiger partial charge in [-0.2, -0.15) is 5.10 Å². The Morgan fingerprint density at radius 2 is 1.84 bits per heavy atom. The van der Waals surface area contributed by atoms with Crippen LogP contribution in [0.25, 0.3) is 11.3 Å². The van der Waals surface area contributed by atoms with Crippen LogP contribution in [0.1, 0.15) is 18.1 Å². The molecule has 0 radical (unpaired) electrons. The predicted octanol–water partition coefficient (Wildman–Crippen LogP) is 4.86. The van der Waals surface area contributed by atoms with Crippen LogP contribution in [0.4, 0.5) is 10.8 Å². The monoisotopic (exact) mass is 352 g/mol. The van der Waals surface area contributed by atoms with Crippen molar-refractivity contribution in [2.45, 2.75) is 13.8 Å². The fraction of sp³-hybridized carbons (Fsp3) is 0.111. The standard InChI is InChI=1S/C18H16N4O2S/c1-12-3-5-15(6-4-12)17-11-25-18(19-17)21-20-13(2)14-7-9-16(10-8-14)22(23)24/h3-11H,1-2H3,(H,19,21)/b20-13+. The third kappa shape index (κ3) is 4.07. The van der Waals surface area contributed by atoms with Crippen LogP contribution in [0.5, 0.6) is 0 Å². The second-order valence-electron chi connectivity index (χ2n) is 5.52. The highest BCUT2D eigenvalue weighted by atomic mass is 32.1. The van der Waals surface area contributed by atoms with E-state index in [-0.39, 0.29) is 5.69 Å². The first-order valence-corrected chi connectivity index (χ1v) is 8.48. The van der Waals surface area contributed by atoms with Crippen LogP contribution in [0.15, 0.2) is 59.0 Å². The molecule has 3 aromatic rings. The number of thiazole rings is 1. The van der Waals surface area contributed by atoms with Gasteiger partial charge in [0.25, 0.3) is 5.69 Å². The minimum Gasteiger partial charge on any atom is -0.258 e. The summed E-state index contributed by atoms with van der Waals surface area (Å²) in [5.41, 5.74) is 7.71. The molecular formula is C18H16N4O2S. The van der Waals surface area contributed by atoms with Crippen molar-refractivity contribution in [2.75, 3.05) is 5.43 Å². The molecule has 0 aliphatic carbocycles. The maximum absolute atomic E-state index is 10.7. The van der Waals surface area contributed by atoms with Crippen LogP contribution in [0.2, 0.25) is 0 Å². The molecule has 0 fully saturated rings. The fourth-order valence-electron chi connectivity index (χ4n) is 2.20. The lowest BCUT2D eigenvalue weighted by atomic mass is 10.1. The molecule has 0 saturated heterocycles. The topological polar surface area (TPSA) is 80.4 Å². The van der Waals surface area contributed by atoms with Crippen molar-refractivity contribution < 1.29 is 4.92 Å². The summed E-state index contributed by atoms with van der Waals surface area (Å²) >= 11 is 1.47. The van der Waals surface area contributed by atoms with Crippen molar-refractivity contribution in [1.82, 2.24) is 4.98 Å². The molecule has 0 spiro atoms. The molecule has 2 aromatic carbocycles. The van der Waals surface area contributed by atoms with E-state index in [1.54, 1.807) is 12.1 Å². The molecule has 6 nitrogen and oxygen atoms in total. The van der Waals surface area contributed by atoms with E-state index in [1.165, 1.54) is 29.0 Å². The van der Waals surface area contributed by atoms with Crippen LogP contribution >= 0.6 is 11.3 Å². The Balaban J connectivity index is 1.71. The van der Waals surface area contributed by atoms with Gasteiger partial charge >= 0.3 is 0 Å². The van der Waals surface area contributed by atoms with Gasteiger partial charge in [0, 0.05) is 23.1 Å². The van der Waals surface area contributed by atoms with Crippen LogP contribution in [-0.2, 0) is 0 Å². The summed E-state index contributed by atoms with van der Waals surface area (Å²) in [7, 11) is 0. The molecule has 0 bridgehead atoms. The van der Waals surface area contributed by atoms with E-state index >= 15 is 0 Å². The van der Waals surface area contributed by atoms with Crippen molar-refractivity contribution in [3.05, 3.63) is 75.2 Å². The second kappa shape index (κ2) is 7.23. The maximum atomic E-state index is 10.7. The van der Waals surface area contributed by atoms with Crippen LogP contribution in [-0.4, -0.2) is 15.6 Å². The molecule has 126 valence electrons. The molecule has 25 heavy (non-hydrogen) atoms. The molecule has 1 heterocycles. The molecule has 0 aliphatic rings. The van der Waals surface area contributed by atoms with E-state index in [0.29, 0.717) is 5.13 Å². The summed E-state index contributed by atoms with van der Waals surface area (Å²) < 4.78 is 0. The van der Waals surface area contributed by atoms with Gasteiger partial charge in [0.2, 0.25) is 5.13 Å². The number of rotatable bonds is 5. The van der Waals surface area contributed by atoms with Gasteiger partial charge in [0.1, 0.15) is 0 Å². The van der Waals surface area contributed by atoms with Gasteiger partial charge in [-0.25, -0.2) is 4.98 Å². The summed E-state index contributed by atoms with van der Waals surface area (Å²) in [6.07, 6.45) is 0. The zero-order valence-electron chi connectivity index (χ0n) is 13.8. The maximum Gasteiger partial charge on any atom is 0.269 e. The first kappa shape index (κ1) is 16.8. The number of nitrogens with one attached hydrogen (secondary N) is 1. The van der Waals surface area contributed by atoms with E-state index in [4.69, 9.17) is 0 Å². The molecule has 0 aliphatic heterocycles. The number of non-ortho nitro benzene ring substituents is 1. The number of aryl methyl sites for hydroxylation is 1. The molecule has 7 heteroatoms. The SMILES string of the molecule is C/C(=N\Nc1nc(-c2ccc(C)cc2)cs1)c1ccc([N+](=O)[O-])cc1. The summed E-state index contributed by atoms with van der Waals surface area (Å²) in [5, 5.41) is 17.7. The van der Waals surface area contributed by atoms with Crippen LogP contribution in [0.3, 0.4) is 0 Å². The molecule has 3 rings (SSSR count). The molecule has 1 aromatic heterocycles. The zero-order valence-corrected chi connectivity index (χ0v) is 14.6. The Morgan fingerprint density at radius 1 is 1.16 bits per heavy atom. The number of hydrazone groups is 1. The Morgan fingerprint density at radius 3 is 2.48 bits per heavy atom. The van der Waals surface area contributed by atoms with Crippen molar-refractivity contribution in [1.29, 1.82) is 0 Å². The number of hydrogen-bond donors (Lipinski definition) is 1. The largest absolute Gasteiger partial charge is 0.269 e. The highest BCUT2D eigenvalue weighted by Crippen LogP contribution is 2.25. The van der Waals surface area contributed by atoms with Gasteiger partial charge in [-0.3, -0.25) is 15.5 Å². The van der Waals surface area contributed by atoms with Gasteiger partial charge in [-0.15, -0.1) is 11.3 Å². The van der Waals surface area contributed by atoms with Gasteiger partial charge in [0.15, 0.2) is 0 Å². The molecule has 0 amide bonds. The summed E-state index contributed by atoms with van der Waals surface area (Å²) in [6.45, 7) is 3.89. The Hall–Kier alpha value is -3.06. The normalized spacial score (nSPS) is 11.4. The Bertz CT molecular complexity index is 915. The lowest BCUT2D eigenvalue weighted by molar-refractivity contribution is -0.384. The molecule has 1 N–H and O–H groups in total. The second-order valence-corrected chi connectivity index (χ2v) is 6.38. The van der Waals surface area contributed by atoms with Crippen molar-refractivity contribution in [2.24, 2.45) is 5.10 Å². The first-order chi connectivity index (χ1) is 12.0. The third-order valence-corrected chi connectivity index (χ3v) is 4.41. The number of anilines is 1. The van der Waals surface area contributed by atoms with Gasteiger partial charge in [-0.1, -0.05) is 29.8 Å². The number of nitro benzene ring substituents is 1. The van der Waals surface area contributed by atoms with E-state index in [2.05, 4.69) is 27.6 Å². The number of aromatic nitrogens is 1. The average Bonchev–Trinajstić information content (AvgIpc) is 3.09. The number of hydrogen-bond acceptors (Lipinski definition) is 6. The first-order valence-electron chi connectivity index (χ1n) is 7.60. The van der Waals surface area contributed by atoms with Crippen LogP contribution in [0, 0.1) is 17.0 Å². The van der Waals surface area contributed by atoms with Crippen molar-refractivity contribution in [3.63, 3.8) is 0 Å². The lowest BCUT2D eigenvalue weighted by Gasteiger charge is -2.01. The zero-order chi connectivity index (χ0) is 17.8. The summed E-state index contributed by atoms with van der Waals surface area (Å²) in [5.74, 6) is 0. The quantitative estimate of drug-likeness (QED) is 0.404. The highest BCUT2D eigenvalue weighted by Gasteiger charge is 2.06. The minimum absolute atomic E-state index is 0.0622. The smallest absolute Gasteiger partial charge is 0.258 e. The van der Waals surface area contributed by atoms with Gasteiger partial charge < -0.3 is 0 Å². The lowest BCUT2D eigenvalue weighted by Crippen LogP contribution is -2.00. The summed E-state index contributed by atoms with van der Waals surface area (Å²) in [6, 6.07) is 14.5. The van der Waals surface area contributed by atoms with Gasteiger partial charge in [0.05, 0.1) is 16.3 Å². The number of benzene rings is 2. The van der Waals surface area contributed by atoms with Crippen molar-refractivity contribution >= 4 is 27.9 Å². The third-order valence-electron chi connectivity index (χ3n) is 3.67. The van der Waals surface area contributed by atoms with E-state index in [0.717, 1.165) is 22.5 Å². The molecule has 0 saturated carbocycles. The summed E-state index contributed by atoms with van der Waals surface area (Å²) in [4.78, 5) is 14.8. The predicted molar refractivity (Wildman–Crippen MR) is 101 cm³/mol. The highest BCUT2D eigenvalue weighted by molar-refractivity contribution is 7.14. The fourth-order valence-corrected chi connectivity index (χ4v) is 2.86. The van der Waals surface area contributed by atoms with Crippen LogP contribution < -0.4 is 5.43 Å². The number of nitro groups is 1. The van der Waals surface area contributed by atoms with E-state index in [1.807, 2.05) is 31.4 Å². The molecule has 0 atom stereocenters. The molecule has 0 unspecified atom stereocenters. The van der Waals surface area contributed by atoms with Gasteiger partial charge in [-0.05, 0) is 31.5 Å². The average molecular weight is 352 g/mol. The molecular weight excluding hydrogens is 336 g/mol. The van der Waals surface area contributed by atoms with E-state index in [9.17, 15) is 10.1 Å². The van der Waals surface area contributed by atoms with Crippen molar-refractivity contribution in [3.8, 4) is 11.3 Å². The Labute approximate surface area is 149 Å². The Kier molecular flexibility index (Phi) is 4.85. The van der Waals surface area contributed by atoms with E-state index < -0.39 is 4.92 Å².